The summed E-state index contributed by atoms with van der Waals surface area (Å²) in [5.74, 6) is 0.464. The van der Waals surface area contributed by atoms with Crippen molar-refractivity contribution in [2.45, 2.75) is 63.7 Å². The van der Waals surface area contributed by atoms with Crippen LogP contribution >= 0.6 is 0 Å². The maximum Gasteiger partial charge on any atom is 0.256 e. The van der Waals surface area contributed by atoms with Crippen LogP contribution in [0.1, 0.15) is 45.4 Å². The quantitative estimate of drug-likeness (QED) is 0.776. The highest BCUT2D eigenvalue weighted by Gasteiger charge is 2.40. The van der Waals surface area contributed by atoms with Gasteiger partial charge >= 0.3 is 0 Å². The topological polar surface area (TPSA) is 75.8 Å². The lowest BCUT2D eigenvalue weighted by atomic mass is 9.83. The maximum absolute atomic E-state index is 12.0. The number of rotatable bonds is 5. The summed E-state index contributed by atoms with van der Waals surface area (Å²) in [5.41, 5.74) is 6.08. The van der Waals surface area contributed by atoms with Gasteiger partial charge in [0.15, 0.2) is 6.10 Å². The molecule has 1 saturated heterocycles. The van der Waals surface area contributed by atoms with E-state index in [1.165, 1.54) is 32.1 Å². The molecule has 1 amide bonds. The minimum absolute atomic E-state index is 0.130. The first-order valence-electron chi connectivity index (χ1n) is 7.47. The van der Waals surface area contributed by atoms with Gasteiger partial charge in [0, 0.05) is 12.6 Å². The molecule has 1 heterocycles. The summed E-state index contributed by atoms with van der Waals surface area (Å²) in [6.45, 7) is 2.78. The SMILES string of the molecule is CCN1COC([C@H](O)[C@@H](N)CC2CCCCC2)C1=O. The van der Waals surface area contributed by atoms with Crippen LogP contribution in [0.3, 0.4) is 0 Å². The van der Waals surface area contributed by atoms with E-state index in [2.05, 4.69) is 0 Å². The van der Waals surface area contributed by atoms with E-state index in [1.54, 1.807) is 4.90 Å². The van der Waals surface area contributed by atoms with Crippen molar-refractivity contribution in [1.29, 1.82) is 0 Å². The van der Waals surface area contributed by atoms with E-state index in [4.69, 9.17) is 10.5 Å². The molecule has 3 atom stereocenters. The molecule has 2 aliphatic rings. The summed E-state index contributed by atoms with van der Waals surface area (Å²) in [5, 5.41) is 10.2. The Hall–Kier alpha value is -0.650. The highest BCUT2D eigenvalue weighted by atomic mass is 16.5. The number of aliphatic hydroxyl groups is 1. The summed E-state index contributed by atoms with van der Waals surface area (Å²) in [4.78, 5) is 13.6. The van der Waals surface area contributed by atoms with Gasteiger partial charge in [-0.3, -0.25) is 4.79 Å². The van der Waals surface area contributed by atoms with Crippen LogP contribution in [0.15, 0.2) is 0 Å². The number of ether oxygens (including phenoxy) is 1. The Labute approximate surface area is 115 Å². The smallest absolute Gasteiger partial charge is 0.256 e. The third-order valence-electron chi connectivity index (χ3n) is 4.43. The third kappa shape index (κ3) is 3.46. The van der Waals surface area contributed by atoms with Crippen molar-refractivity contribution in [3.8, 4) is 0 Å². The number of likely N-dealkylation sites (N-methyl/N-ethyl adjacent to an activating group) is 1. The fourth-order valence-corrected chi connectivity index (χ4v) is 3.15. The number of hydrogen-bond acceptors (Lipinski definition) is 4. The van der Waals surface area contributed by atoms with E-state index in [1.807, 2.05) is 6.92 Å². The molecular weight excluding hydrogens is 244 g/mol. The van der Waals surface area contributed by atoms with Crippen molar-refractivity contribution in [2.75, 3.05) is 13.3 Å². The van der Waals surface area contributed by atoms with E-state index in [0.29, 0.717) is 12.5 Å². The third-order valence-corrected chi connectivity index (χ3v) is 4.43. The minimum atomic E-state index is -0.883. The van der Waals surface area contributed by atoms with E-state index >= 15 is 0 Å². The molecule has 2 rings (SSSR count). The largest absolute Gasteiger partial charge is 0.388 e. The van der Waals surface area contributed by atoms with Gasteiger partial charge in [0.2, 0.25) is 0 Å². The van der Waals surface area contributed by atoms with Crippen LogP contribution < -0.4 is 5.73 Å². The maximum atomic E-state index is 12.0. The highest BCUT2D eigenvalue weighted by molar-refractivity contribution is 5.83. The molecule has 5 heteroatoms. The molecular formula is C14H26N2O3. The van der Waals surface area contributed by atoms with E-state index in [0.717, 1.165) is 6.42 Å². The molecule has 110 valence electrons. The molecule has 3 N–H and O–H groups in total. The van der Waals surface area contributed by atoms with Crippen molar-refractivity contribution in [2.24, 2.45) is 11.7 Å². The average molecular weight is 270 g/mol. The molecule has 0 aromatic carbocycles. The number of nitrogens with two attached hydrogens (primary N) is 1. The zero-order valence-corrected chi connectivity index (χ0v) is 11.8. The van der Waals surface area contributed by atoms with Gasteiger partial charge in [-0.1, -0.05) is 32.1 Å². The molecule has 0 bridgehead atoms. The van der Waals surface area contributed by atoms with Crippen LogP contribution in [-0.4, -0.2) is 47.4 Å². The van der Waals surface area contributed by atoms with Crippen LogP contribution in [0, 0.1) is 5.92 Å². The van der Waals surface area contributed by atoms with E-state index in [-0.39, 0.29) is 18.7 Å². The van der Waals surface area contributed by atoms with Gasteiger partial charge in [-0.15, -0.1) is 0 Å². The lowest BCUT2D eigenvalue weighted by Crippen LogP contribution is -2.48. The molecule has 19 heavy (non-hydrogen) atoms. The molecule has 1 saturated carbocycles. The standard InChI is InChI=1S/C14H26N2O3/c1-2-16-9-19-13(14(16)18)12(17)11(15)8-10-6-4-3-5-7-10/h10-13,17H,2-9,15H2,1H3/t11-,12+,13?/m0/s1. The van der Waals surface area contributed by atoms with Gasteiger partial charge in [-0.25, -0.2) is 0 Å². The van der Waals surface area contributed by atoms with Gasteiger partial charge in [-0.05, 0) is 19.3 Å². The Morgan fingerprint density at radius 1 is 1.42 bits per heavy atom. The predicted octanol–water partition coefficient (Wildman–Crippen LogP) is 0.850. The molecule has 1 aliphatic carbocycles. The van der Waals surface area contributed by atoms with Crippen molar-refractivity contribution in [1.82, 2.24) is 4.90 Å². The summed E-state index contributed by atoms with van der Waals surface area (Å²) in [6.07, 6.45) is 5.36. The second-order valence-electron chi connectivity index (χ2n) is 5.80. The number of aliphatic hydroxyl groups excluding tert-OH is 1. The first kappa shape index (κ1) is 14.8. The van der Waals surface area contributed by atoms with Crippen LogP contribution in [0.4, 0.5) is 0 Å². The monoisotopic (exact) mass is 270 g/mol. The molecule has 5 nitrogen and oxygen atoms in total. The van der Waals surface area contributed by atoms with Gasteiger partial charge in [0.1, 0.15) is 12.8 Å². The highest BCUT2D eigenvalue weighted by Crippen LogP contribution is 2.28. The lowest BCUT2D eigenvalue weighted by Gasteiger charge is -2.28. The summed E-state index contributed by atoms with van der Waals surface area (Å²) >= 11 is 0. The molecule has 0 spiro atoms. The summed E-state index contributed by atoms with van der Waals surface area (Å²) in [7, 11) is 0. The van der Waals surface area contributed by atoms with Crippen molar-refractivity contribution in [3.05, 3.63) is 0 Å². The second kappa shape index (κ2) is 6.68. The Morgan fingerprint density at radius 2 is 2.11 bits per heavy atom. The second-order valence-corrected chi connectivity index (χ2v) is 5.80. The fraction of sp³-hybridized carbons (Fsp3) is 0.929. The number of nitrogens with zero attached hydrogens (tertiary/aromatic N) is 1. The number of carbonyl (C=O) groups is 1. The van der Waals surface area contributed by atoms with Gasteiger partial charge < -0.3 is 20.5 Å². The Balaban J connectivity index is 1.84. The molecule has 0 aromatic rings. The molecule has 1 unspecified atom stereocenters. The Kier molecular flexibility index (Phi) is 5.19. The van der Waals surface area contributed by atoms with Crippen LogP contribution in [-0.2, 0) is 9.53 Å². The van der Waals surface area contributed by atoms with Crippen molar-refractivity contribution in [3.63, 3.8) is 0 Å². The molecule has 0 radical (unpaired) electrons. The number of carbonyl (C=O) groups excluding carboxylic acids is 1. The summed E-state index contributed by atoms with van der Waals surface area (Å²) < 4.78 is 5.39. The van der Waals surface area contributed by atoms with Crippen molar-refractivity contribution >= 4 is 5.91 Å². The van der Waals surface area contributed by atoms with E-state index in [9.17, 15) is 9.90 Å². The number of amides is 1. The van der Waals surface area contributed by atoms with Crippen molar-refractivity contribution < 1.29 is 14.6 Å². The van der Waals surface area contributed by atoms with Crippen LogP contribution in [0.2, 0.25) is 0 Å². The average Bonchev–Trinajstić information content (AvgIpc) is 2.80. The molecule has 1 aliphatic heterocycles. The van der Waals surface area contributed by atoms with Gasteiger partial charge in [0.25, 0.3) is 5.91 Å². The van der Waals surface area contributed by atoms with Gasteiger partial charge in [-0.2, -0.15) is 0 Å². The zero-order chi connectivity index (χ0) is 13.8. The zero-order valence-electron chi connectivity index (χ0n) is 11.8. The molecule has 0 aromatic heterocycles. The predicted molar refractivity (Wildman–Crippen MR) is 72.3 cm³/mol. The molecule has 2 fully saturated rings. The number of hydrogen-bond donors (Lipinski definition) is 2. The Morgan fingerprint density at radius 3 is 2.68 bits per heavy atom. The first-order chi connectivity index (χ1) is 9.13. The Bertz CT molecular complexity index is 305. The fourth-order valence-electron chi connectivity index (χ4n) is 3.15. The lowest BCUT2D eigenvalue weighted by molar-refractivity contribution is -0.134. The van der Waals surface area contributed by atoms with Crippen LogP contribution in [0.5, 0.6) is 0 Å². The van der Waals surface area contributed by atoms with Crippen LogP contribution in [0.25, 0.3) is 0 Å². The summed E-state index contributed by atoms with van der Waals surface area (Å²) in [6, 6.07) is -0.367. The minimum Gasteiger partial charge on any atom is -0.388 e. The van der Waals surface area contributed by atoms with Gasteiger partial charge in [0.05, 0.1) is 0 Å². The normalized spacial score (nSPS) is 28.7. The van der Waals surface area contributed by atoms with E-state index < -0.39 is 12.2 Å². The first-order valence-corrected chi connectivity index (χ1v) is 7.47.